The van der Waals surface area contributed by atoms with Gasteiger partial charge in [-0.3, -0.25) is 24.0 Å². The van der Waals surface area contributed by atoms with Gasteiger partial charge in [-0.15, -0.1) is 0 Å². The van der Waals surface area contributed by atoms with Crippen molar-refractivity contribution in [2.75, 3.05) is 7.11 Å². The summed E-state index contributed by atoms with van der Waals surface area (Å²) in [5, 5.41) is 14.4. The fourth-order valence-electron chi connectivity index (χ4n) is 1.93. The van der Waals surface area contributed by atoms with Gasteiger partial charge in [0.05, 0.1) is 13.5 Å². The van der Waals surface area contributed by atoms with Crippen LogP contribution in [0.1, 0.15) is 34.1 Å². The van der Waals surface area contributed by atoms with Gasteiger partial charge in [-0.05, 0) is 12.8 Å². The molecule has 0 aliphatic heterocycles. The van der Waals surface area contributed by atoms with Gasteiger partial charge in [0.15, 0.2) is 0 Å². The first kappa shape index (κ1) is 30.9. The number of nitrogens with one attached hydrogen (secondary N) is 3. The fraction of sp³-hybridized carbons (Fsp3) is 0.647. The molecule has 0 spiro atoms. The summed E-state index contributed by atoms with van der Waals surface area (Å²) in [6.07, 6.45) is -5.98. The number of carbonyl (C=O) groups is 6. The molecule has 0 aliphatic rings. The molecule has 0 fully saturated rings. The lowest BCUT2D eigenvalue weighted by Crippen LogP contribution is -2.57. The molecule has 0 bridgehead atoms. The highest BCUT2D eigenvalue weighted by atomic mass is 19.4. The quantitative estimate of drug-likeness (QED) is 0.202. The Morgan fingerprint density at radius 2 is 1.41 bits per heavy atom. The van der Waals surface area contributed by atoms with Crippen molar-refractivity contribution < 1.29 is 56.2 Å². The molecule has 0 aromatic heterocycles. The Labute approximate surface area is 180 Å². The third kappa shape index (κ3) is 13.1. The van der Waals surface area contributed by atoms with Crippen LogP contribution in [0.2, 0.25) is 0 Å². The Hall–Kier alpha value is -3.26. The third-order valence-electron chi connectivity index (χ3n) is 3.43. The zero-order valence-electron chi connectivity index (χ0n) is 17.8. The van der Waals surface area contributed by atoms with Gasteiger partial charge >= 0.3 is 24.0 Å². The van der Waals surface area contributed by atoms with Crippen LogP contribution in [0, 0.1) is 5.92 Å². The van der Waals surface area contributed by atoms with Crippen molar-refractivity contribution >= 4 is 35.7 Å². The van der Waals surface area contributed by atoms with Gasteiger partial charge < -0.3 is 25.8 Å². The number of aliphatic carboxylic acids is 1. The van der Waals surface area contributed by atoms with Crippen molar-refractivity contribution in [2.24, 2.45) is 5.92 Å². The summed E-state index contributed by atoms with van der Waals surface area (Å²) in [5.41, 5.74) is 0. The summed E-state index contributed by atoms with van der Waals surface area (Å²) < 4.78 is 51.9. The zero-order valence-corrected chi connectivity index (χ0v) is 17.8. The van der Waals surface area contributed by atoms with E-state index in [2.05, 4.69) is 15.4 Å². The molecule has 184 valence electrons. The third-order valence-corrected chi connectivity index (χ3v) is 3.43. The summed E-state index contributed by atoms with van der Waals surface area (Å²) in [6.45, 7) is 4.78. The van der Waals surface area contributed by atoms with E-state index in [4.69, 9.17) is 9.90 Å². The largest absolute Gasteiger partial charge is 0.481 e. The lowest BCUT2D eigenvalue weighted by molar-refractivity contribution is -0.175. The van der Waals surface area contributed by atoms with Gasteiger partial charge in [0.25, 0.3) is 6.04 Å². The highest BCUT2D eigenvalue weighted by Gasteiger charge is 2.41. The Kier molecular flexibility index (Phi) is 13.5. The van der Waals surface area contributed by atoms with Gasteiger partial charge in [0.2, 0.25) is 11.8 Å². The van der Waals surface area contributed by atoms with Crippen LogP contribution in [-0.4, -0.2) is 72.2 Å². The Morgan fingerprint density at radius 3 is 1.75 bits per heavy atom. The normalized spacial score (nSPS) is 13.4. The number of hydrogen-bond acceptors (Lipinski definition) is 7. The van der Waals surface area contributed by atoms with E-state index < -0.39 is 72.3 Å². The summed E-state index contributed by atoms with van der Waals surface area (Å²) >= 11 is 0. The van der Waals surface area contributed by atoms with Crippen LogP contribution in [0.5, 0.6) is 0 Å². The van der Waals surface area contributed by atoms with E-state index >= 15 is 0 Å². The lowest BCUT2D eigenvalue weighted by atomic mass is 10.0. The molecule has 4 N–H and O–H groups in total. The molecule has 0 saturated carbocycles. The van der Waals surface area contributed by atoms with E-state index in [-0.39, 0.29) is 0 Å². The van der Waals surface area contributed by atoms with E-state index in [9.17, 15) is 41.5 Å². The molecule has 11 nitrogen and oxygen atoms in total. The van der Waals surface area contributed by atoms with Crippen LogP contribution in [-0.2, 0) is 33.5 Å². The van der Waals surface area contributed by atoms with Crippen molar-refractivity contribution in [2.45, 2.75) is 58.4 Å². The second kappa shape index (κ2) is 13.9. The first-order valence-electron chi connectivity index (χ1n) is 8.88. The smallest absolute Gasteiger partial charge is 0.471 e. The van der Waals surface area contributed by atoms with E-state index in [1.54, 1.807) is 0 Å². The second-order valence-electron chi connectivity index (χ2n) is 6.58. The maximum Gasteiger partial charge on any atom is 0.471 e. The van der Waals surface area contributed by atoms with Crippen LogP contribution >= 0.6 is 0 Å². The SMILES string of the molecule is CC(=O)F.COC(=O)[C@H](CC(=O)O)NC(=O)[C@H](C)NC(=O)[C@@H](NC(=O)C(F)(F)F)C(C)C. The van der Waals surface area contributed by atoms with E-state index in [0.29, 0.717) is 0 Å². The molecular weight excluding hydrogens is 450 g/mol. The van der Waals surface area contributed by atoms with E-state index in [1.165, 1.54) is 19.2 Å². The molecule has 0 aromatic rings. The number of carbonyl (C=O) groups excluding carboxylic acids is 5. The van der Waals surface area contributed by atoms with Gasteiger partial charge in [-0.2, -0.15) is 17.6 Å². The van der Waals surface area contributed by atoms with Crippen molar-refractivity contribution in [3.05, 3.63) is 0 Å². The molecule has 15 heteroatoms. The highest BCUT2D eigenvalue weighted by Crippen LogP contribution is 2.15. The fourth-order valence-corrected chi connectivity index (χ4v) is 1.93. The predicted molar refractivity (Wildman–Crippen MR) is 98.4 cm³/mol. The summed E-state index contributed by atoms with van der Waals surface area (Å²) in [7, 11) is 0.977. The second-order valence-corrected chi connectivity index (χ2v) is 6.58. The monoisotopic (exact) mass is 475 g/mol. The number of ether oxygens (including phenoxy) is 1. The van der Waals surface area contributed by atoms with E-state index in [1.807, 2.05) is 0 Å². The number of carboxylic acid groups (broad SMARTS) is 1. The summed E-state index contributed by atoms with van der Waals surface area (Å²) in [5.74, 6) is -7.53. The van der Waals surface area contributed by atoms with Gasteiger partial charge in [0, 0.05) is 6.92 Å². The number of alkyl halides is 3. The Balaban J connectivity index is 0. The maximum atomic E-state index is 12.4. The number of rotatable bonds is 9. The van der Waals surface area contributed by atoms with Crippen molar-refractivity contribution in [3.8, 4) is 0 Å². The van der Waals surface area contributed by atoms with Crippen molar-refractivity contribution in [1.29, 1.82) is 0 Å². The minimum Gasteiger partial charge on any atom is -0.481 e. The van der Waals surface area contributed by atoms with Gasteiger partial charge in [-0.1, -0.05) is 13.8 Å². The number of amides is 3. The summed E-state index contributed by atoms with van der Waals surface area (Å²) in [6, 6.07) is -5.79. The first-order valence-corrected chi connectivity index (χ1v) is 8.88. The van der Waals surface area contributed by atoms with Gasteiger partial charge in [-0.25, -0.2) is 4.79 Å². The molecule has 32 heavy (non-hydrogen) atoms. The predicted octanol–water partition coefficient (Wildman–Crippen LogP) is -0.171. The standard InChI is InChI=1S/C15H22F3N3O7.C2H3FO/c1-6(2)10(21-14(27)15(16,17)18)12(25)19-7(3)11(24)20-8(5-9(22)23)13(26)28-4;1-2(3)4/h6-8,10H,5H2,1-4H3,(H,19,25)(H,20,24)(H,21,27)(H,22,23);1H3/t7-,8-,10-;/m0./s1. The summed E-state index contributed by atoms with van der Waals surface area (Å²) in [4.78, 5) is 66.3. The number of halogens is 4. The molecule has 0 rings (SSSR count). The molecule has 3 atom stereocenters. The molecule has 3 amide bonds. The molecule has 0 radical (unpaired) electrons. The Bertz CT molecular complexity index is 708. The van der Waals surface area contributed by atoms with Crippen LogP contribution in [0.25, 0.3) is 0 Å². The van der Waals surface area contributed by atoms with Crippen LogP contribution in [0.3, 0.4) is 0 Å². The van der Waals surface area contributed by atoms with Gasteiger partial charge in [0.1, 0.15) is 18.1 Å². The molecular formula is C17H25F4N3O8. The number of esters is 1. The maximum absolute atomic E-state index is 12.4. The average Bonchev–Trinajstić information content (AvgIpc) is 2.62. The minimum atomic E-state index is -5.19. The number of hydrogen-bond donors (Lipinski definition) is 4. The number of methoxy groups -OCH3 is 1. The molecule has 0 aromatic carbocycles. The zero-order chi connectivity index (χ0) is 25.8. The molecule has 0 heterocycles. The molecule has 0 unspecified atom stereocenters. The topological polar surface area (TPSA) is 168 Å². The molecule has 0 saturated heterocycles. The average molecular weight is 475 g/mol. The first-order chi connectivity index (χ1) is 14.4. The van der Waals surface area contributed by atoms with Crippen molar-refractivity contribution in [3.63, 3.8) is 0 Å². The lowest BCUT2D eigenvalue weighted by Gasteiger charge is -2.24. The van der Waals surface area contributed by atoms with Crippen LogP contribution in [0.4, 0.5) is 17.6 Å². The highest BCUT2D eigenvalue weighted by molar-refractivity contribution is 5.94. The van der Waals surface area contributed by atoms with E-state index in [0.717, 1.165) is 21.0 Å². The minimum absolute atomic E-state index is 0.739. The molecule has 0 aliphatic carbocycles. The van der Waals surface area contributed by atoms with Crippen LogP contribution < -0.4 is 16.0 Å². The van der Waals surface area contributed by atoms with Crippen LogP contribution in [0.15, 0.2) is 0 Å². The number of carboxylic acids is 1. The van der Waals surface area contributed by atoms with Crippen molar-refractivity contribution in [1.82, 2.24) is 16.0 Å². The Morgan fingerprint density at radius 1 is 0.938 bits per heavy atom.